The summed E-state index contributed by atoms with van der Waals surface area (Å²) in [5, 5.41) is 12.4. The number of hydrogen-bond acceptors (Lipinski definition) is 4. The zero-order valence-corrected chi connectivity index (χ0v) is 11.0. The number of nitrogens with zero attached hydrogens (tertiary/aromatic N) is 3. The van der Waals surface area contributed by atoms with Crippen LogP contribution in [-0.4, -0.2) is 22.7 Å². The van der Waals surface area contributed by atoms with Crippen molar-refractivity contribution in [1.29, 1.82) is 5.26 Å². The van der Waals surface area contributed by atoms with E-state index in [2.05, 4.69) is 23.3 Å². The minimum Gasteiger partial charge on any atom is -0.497 e. The highest BCUT2D eigenvalue weighted by Crippen LogP contribution is 2.22. The Kier molecular flexibility index (Phi) is 4.04. The Hall–Kier alpha value is -2.48. The van der Waals surface area contributed by atoms with Gasteiger partial charge in [0.05, 0.1) is 24.7 Å². The molecule has 1 aromatic heterocycles. The van der Waals surface area contributed by atoms with Gasteiger partial charge < -0.3 is 14.6 Å². The predicted octanol–water partition coefficient (Wildman–Crippen LogP) is 2.26. The standard InChI is InChI=1S/C14H16N4O/c1-11(9-18-6-5-16-10-18)17-14-7-13(19-2)4-3-12(14)8-15/h3-7,10-11,17H,9H2,1-2H3. The van der Waals surface area contributed by atoms with Gasteiger partial charge in [0, 0.05) is 31.0 Å². The smallest absolute Gasteiger partial charge is 0.121 e. The Morgan fingerprint density at radius 1 is 1.53 bits per heavy atom. The Morgan fingerprint density at radius 3 is 3.00 bits per heavy atom. The van der Waals surface area contributed by atoms with Crippen LogP contribution in [0.5, 0.6) is 5.75 Å². The number of anilines is 1. The molecule has 1 unspecified atom stereocenters. The second kappa shape index (κ2) is 5.91. The van der Waals surface area contributed by atoms with Crippen LogP contribution < -0.4 is 10.1 Å². The number of benzene rings is 1. The zero-order valence-electron chi connectivity index (χ0n) is 11.0. The van der Waals surface area contributed by atoms with Gasteiger partial charge in [-0.25, -0.2) is 4.98 Å². The van der Waals surface area contributed by atoms with Crippen LogP contribution in [0.1, 0.15) is 12.5 Å². The van der Waals surface area contributed by atoms with E-state index in [0.29, 0.717) is 5.56 Å². The third-order valence-corrected chi connectivity index (χ3v) is 2.79. The number of methoxy groups -OCH3 is 1. The molecule has 0 saturated carbocycles. The minimum absolute atomic E-state index is 0.174. The molecule has 0 spiro atoms. The number of aromatic nitrogens is 2. The average molecular weight is 256 g/mol. The quantitative estimate of drug-likeness (QED) is 0.891. The molecule has 0 aliphatic heterocycles. The molecule has 5 nitrogen and oxygen atoms in total. The lowest BCUT2D eigenvalue weighted by Gasteiger charge is -2.17. The summed E-state index contributed by atoms with van der Waals surface area (Å²) in [6.45, 7) is 2.84. The monoisotopic (exact) mass is 256 g/mol. The highest BCUT2D eigenvalue weighted by Gasteiger charge is 2.08. The Labute approximate surface area is 112 Å². The molecule has 0 saturated heterocycles. The van der Waals surface area contributed by atoms with E-state index < -0.39 is 0 Å². The van der Waals surface area contributed by atoms with Crippen LogP contribution in [0.15, 0.2) is 36.9 Å². The lowest BCUT2D eigenvalue weighted by molar-refractivity contribution is 0.415. The molecule has 0 aliphatic carbocycles. The Bertz CT molecular complexity index is 572. The molecule has 0 aliphatic rings. The molecule has 5 heteroatoms. The largest absolute Gasteiger partial charge is 0.497 e. The first-order chi connectivity index (χ1) is 9.22. The van der Waals surface area contributed by atoms with Gasteiger partial charge in [0.1, 0.15) is 11.8 Å². The maximum Gasteiger partial charge on any atom is 0.121 e. The first-order valence-corrected chi connectivity index (χ1v) is 6.03. The molecule has 19 heavy (non-hydrogen) atoms. The van der Waals surface area contributed by atoms with Crippen molar-refractivity contribution in [2.75, 3.05) is 12.4 Å². The zero-order chi connectivity index (χ0) is 13.7. The van der Waals surface area contributed by atoms with Gasteiger partial charge in [-0.1, -0.05) is 0 Å². The van der Waals surface area contributed by atoms with Crippen molar-refractivity contribution in [1.82, 2.24) is 9.55 Å². The summed E-state index contributed by atoms with van der Waals surface area (Å²) in [7, 11) is 1.61. The van der Waals surface area contributed by atoms with Crippen molar-refractivity contribution >= 4 is 5.69 Å². The molecule has 98 valence electrons. The summed E-state index contributed by atoms with van der Waals surface area (Å²) in [6, 6.07) is 7.72. The van der Waals surface area contributed by atoms with Crippen LogP contribution in [0.3, 0.4) is 0 Å². The fourth-order valence-corrected chi connectivity index (χ4v) is 1.89. The molecule has 1 N–H and O–H groups in total. The van der Waals surface area contributed by atoms with Crippen molar-refractivity contribution < 1.29 is 4.74 Å². The molecule has 2 aromatic rings. The molecule has 0 bridgehead atoms. The lowest BCUT2D eigenvalue weighted by atomic mass is 10.1. The number of ether oxygens (including phenoxy) is 1. The van der Waals surface area contributed by atoms with Gasteiger partial charge in [-0.2, -0.15) is 5.26 Å². The molecular formula is C14H16N4O. The molecule has 2 rings (SSSR count). The van der Waals surface area contributed by atoms with Gasteiger partial charge in [0.15, 0.2) is 0 Å². The van der Waals surface area contributed by atoms with Crippen LogP contribution in [-0.2, 0) is 6.54 Å². The fourth-order valence-electron chi connectivity index (χ4n) is 1.89. The number of nitrogens with one attached hydrogen (secondary N) is 1. The molecular weight excluding hydrogens is 240 g/mol. The van der Waals surface area contributed by atoms with E-state index in [-0.39, 0.29) is 6.04 Å². The molecule has 1 atom stereocenters. The van der Waals surface area contributed by atoms with Gasteiger partial charge in [0.25, 0.3) is 0 Å². The third-order valence-electron chi connectivity index (χ3n) is 2.79. The van der Waals surface area contributed by atoms with Crippen LogP contribution >= 0.6 is 0 Å². The van der Waals surface area contributed by atoms with Crippen molar-refractivity contribution in [3.8, 4) is 11.8 Å². The molecule has 1 aromatic carbocycles. The summed E-state index contributed by atoms with van der Waals surface area (Å²) < 4.78 is 7.17. The van der Waals surface area contributed by atoms with Crippen LogP contribution in [0.2, 0.25) is 0 Å². The first kappa shape index (κ1) is 13.0. The Morgan fingerprint density at radius 2 is 2.37 bits per heavy atom. The topological polar surface area (TPSA) is 62.9 Å². The van der Waals surface area contributed by atoms with Crippen molar-refractivity contribution in [2.45, 2.75) is 19.5 Å². The maximum absolute atomic E-state index is 9.11. The highest BCUT2D eigenvalue weighted by atomic mass is 16.5. The SMILES string of the molecule is COc1ccc(C#N)c(NC(C)Cn2ccnc2)c1. The second-order valence-corrected chi connectivity index (χ2v) is 4.33. The van der Waals surface area contributed by atoms with Gasteiger partial charge in [-0.15, -0.1) is 0 Å². The number of imidazole rings is 1. The summed E-state index contributed by atoms with van der Waals surface area (Å²) in [5.41, 5.74) is 1.40. The van der Waals surface area contributed by atoms with Crippen LogP contribution in [0.25, 0.3) is 0 Å². The third kappa shape index (κ3) is 3.26. The predicted molar refractivity (Wildman–Crippen MR) is 73.0 cm³/mol. The van der Waals surface area contributed by atoms with Gasteiger partial charge >= 0.3 is 0 Å². The van der Waals surface area contributed by atoms with E-state index in [1.807, 2.05) is 16.8 Å². The van der Waals surface area contributed by atoms with Gasteiger partial charge in [-0.3, -0.25) is 0 Å². The fraction of sp³-hybridized carbons (Fsp3) is 0.286. The normalized spacial score (nSPS) is 11.6. The van der Waals surface area contributed by atoms with Crippen LogP contribution in [0.4, 0.5) is 5.69 Å². The van der Waals surface area contributed by atoms with Crippen molar-refractivity contribution in [3.05, 3.63) is 42.5 Å². The van der Waals surface area contributed by atoms with Gasteiger partial charge in [-0.05, 0) is 19.1 Å². The first-order valence-electron chi connectivity index (χ1n) is 6.03. The van der Waals surface area contributed by atoms with Crippen molar-refractivity contribution in [3.63, 3.8) is 0 Å². The number of nitriles is 1. The summed E-state index contributed by atoms with van der Waals surface area (Å²) in [5.74, 6) is 0.733. The summed E-state index contributed by atoms with van der Waals surface area (Å²) in [4.78, 5) is 4.01. The second-order valence-electron chi connectivity index (χ2n) is 4.33. The summed E-state index contributed by atoms with van der Waals surface area (Å²) in [6.07, 6.45) is 5.43. The van der Waals surface area contributed by atoms with E-state index in [9.17, 15) is 0 Å². The average Bonchev–Trinajstić information content (AvgIpc) is 2.91. The highest BCUT2D eigenvalue weighted by molar-refractivity contribution is 5.60. The maximum atomic E-state index is 9.11. The van der Waals surface area contributed by atoms with Crippen molar-refractivity contribution in [2.24, 2.45) is 0 Å². The lowest BCUT2D eigenvalue weighted by Crippen LogP contribution is -2.21. The molecule has 1 heterocycles. The van der Waals surface area contributed by atoms with Gasteiger partial charge in [0.2, 0.25) is 0 Å². The van der Waals surface area contributed by atoms with E-state index in [4.69, 9.17) is 10.00 Å². The van der Waals surface area contributed by atoms with E-state index in [0.717, 1.165) is 18.0 Å². The molecule has 0 radical (unpaired) electrons. The van der Waals surface area contributed by atoms with E-state index in [1.54, 1.807) is 31.8 Å². The molecule has 0 amide bonds. The Balaban J connectivity index is 2.11. The van der Waals surface area contributed by atoms with E-state index in [1.165, 1.54) is 0 Å². The number of rotatable bonds is 5. The minimum atomic E-state index is 0.174. The van der Waals surface area contributed by atoms with Crippen LogP contribution in [0, 0.1) is 11.3 Å². The number of hydrogen-bond donors (Lipinski definition) is 1. The molecule has 0 fully saturated rings. The summed E-state index contributed by atoms with van der Waals surface area (Å²) >= 11 is 0. The van der Waals surface area contributed by atoms with E-state index >= 15 is 0 Å².